The number of rotatable bonds is 3. The van der Waals surface area contributed by atoms with E-state index >= 15 is 0 Å². The summed E-state index contributed by atoms with van der Waals surface area (Å²) in [6.07, 6.45) is 0. The van der Waals surface area contributed by atoms with Gasteiger partial charge in [0.1, 0.15) is 17.0 Å². The van der Waals surface area contributed by atoms with Gasteiger partial charge in [-0.3, -0.25) is 4.79 Å². The van der Waals surface area contributed by atoms with E-state index in [1.165, 1.54) is 12.1 Å². The van der Waals surface area contributed by atoms with Crippen molar-refractivity contribution >= 4 is 27.0 Å². The molecule has 96 valence electrons. The maximum Gasteiger partial charge on any atom is 0.182 e. The van der Waals surface area contributed by atoms with Crippen molar-refractivity contribution in [3.05, 3.63) is 46.6 Å². The van der Waals surface area contributed by atoms with E-state index in [9.17, 15) is 4.79 Å². The Labute approximate surface area is 117 Å². The monoisotopic (exact) mass is 319 g/mol. The molecule has 0 bridgehead atoms. The van der Waals surface area contributed by atoms with Crippen LogP contribution in [0.4, 0.5) is 0 Å². The fourth-order valence-corrected chi connectivity index (χ4v) is 1.99. The van der Waals surface area contributed by atoms with E-state index in [4.69, 9.17) is 9.15 Å². The molecule has 0 saturated carbocycles. The third-order valence-electron chi connectivity index (χ3n) is 2.67. The fourth-order valence-electron chi connectivity index (χ4n) is 1.83. The van der Waals surface area contributed by atoms with Crippen molar-refractivity contribution in [1.29, 1.82) is 0 Å². The topological polar surface area (TPSA) is 52.3 Å². The molecule has 5 heteroatoms. The first-order chi connectivity index (χ1) is 9.26. The number of fused-ring (bicyclic) bond motifs is 2. The molecule has 1 aromatic rings. The molecule has 0 unspecified atom stereocenters. The average molecular weight is 320 g/mol. The van der Waals surface area contributed by atoms with Crippen LogP contribution in [0, 0.1) is 0 Å². The second kappa shape index (κ2) is 5.01. The van der Waals surface area contributed by atoms with Crippen LogP contribution in [0.1, 0.15) is 0 Å². The molecule has 1 aromatic carbocycles. The Kier molecular flexibility index (Phi) is 3.21. The lowest BCUT2D eigenvalue weighted by Crippen LogP contribution is -2.00. The number of halogens is 1. The van der Waals surface area contributed by atoms with Gasteiger partial charge in [-0.25, -0.2) is 4.98 Å². The SMILES string of the molecule is O=c1ccc2nc3ccc(OCCBr)cc3oc-2c1. The Balaban J connectivity index is 2.14. The molecule has 0 radical (unpaired) electrons. The van der Waals surface area contributed by atoms with Crippen molar-refractivity contribution in [2.24, 2.45) is 0 Å². The van der Waals surface area contributed by atoms with Gasteiger partial charge in [0, 0.05) is 17.5 Å². The van der Waals surface area contributed by atoms with Crippen molar-refractivity contribution in [2.45, 2.75) is 0 Å². The molecule has 0 aromatic heterocycles. The van der Waals surface area contributed by atoms with Gasteiger partial charge in [0.05, 0.1) is 6.61 Å². The standard InChI is InChI=1S/C14H10BrNO3/c15-5-6-18-10-2-4-12-14(8-10)19-13-7-9(17)1-3-11(13)16-12/h1-4,7-8H,5-6H2. The Morgan fingerprint density at radius 2 is 2.11 bits per heavy atom. The maximum absolute atomic E-state index is 11.3. The molecule has 0 saturated heterocycles. The van der Waals surface area contributed by atoms with Gasteiger partial charge in [-0.05, 0) is 24.3 Å². The van der Waals surface area contributed by atoms with Gasteiger partial charge < -0.3 is 9.15 Å². The molecule has 1 heterocycles. The maximum atomic E-state index is 11.3. The summed E-state index contributed by atoms with van der Waals surface area (Å²) in [5, 5.41) is 0.762. The summed E-state index contributed by atoms with van der Waals surface area (Å²) in [6, 6.07) is 10.0. The first-order valence-electron chi connectivity index (χ1n) is 5.80. The van der Waals surface area contributed by atoms with Crippen LogP contribution in [0.3, 0.4) is 0 Å². The van der Waals surface area contributed by atoms with Crippen LogP contribution in [0.15, 0.2) is 45.6 Å². The second-order valence-electron chi connectivity index (χ2n) is 4.01. The number of hydrogen-bond donors (Lipinski definition) is 0. The van der Waals surface area contributed by atoms with Crippen molar-refractivity contribution in [2.75, 3.05) is 11.9 Å². The third kappa shape index (κ3) is 2.46. The number of nitrogens with zero attached hydrogens (tertiary/aromatic N) is 1. The summed E-state index contributed by atoms with van der Waals surface area (Å²) < 4.78 is 11.2. The molecule has 2 aliphatic rings. The highest BCUT2D eigenvalue weighted by Crippen LogP contribution is 2.26. The molecule has 0 spiro atoms. The normalized spacial score (nSPS) is 11.0. The summed E-state index contributed by atoms with van der Waals surface area (Å²) in [5.74, 6) is 1.20. The molecule has 19 heavy (non-hydrogen) atoms. The van der Waals surface area contributed by atoms with Crippen LogP contribution in [0.2, 0.25) is 0 Å². The van der Waals surface area contributed by atoms with Gasteiger partial charge in [-0.15, -0.1) is 0 Å². The largest absolute Gasteiger partial charge is 0.493 e. The Bertz CT molecular complexity index is 753. The number of aromatic nitrogens is 1. The molecule has 0 atom stereocenters. The Hall–Kier alpha value is -1.88. The van der Waals surface area contributed by atoms with Gasteiger partial charge in [-0.2, -0.15) is 0 Å². The van der Waals surface area contributed by atoms with Crippen LogP contribution in [-0.2, 0) is 0 Å². The molecular weight excluding hydrogens is 310 g/mol. The number of hydrogen-bond acceptors (Lipinski definition) is 4. The predicted octanol–water partition coefficient (Wildman–Crippen LogP) is 3.07. The molecule has 3 rings (SSSR count). The van der Waals surface area contributed by atoms with Crippen molar-refractivity contribution in [3.63, 3.8) is 0 Å². The summed E-state index contributed by atoms with van der Waals surface area (Å²) >= 11 is 3.30. The van der Waals surface area contributed by atoms with Gasteiger partial charge >= 0.3 is 0 Å². The van der Waals surface area contributed by atoms with Gasteiger partial charge in [0.25, 0.3) is 0 Å². The summed E-state index contributed by atoms with van der Waals surface area (Å²) in [6.45, 7) is 0.581. The highest BCUT2D eigenvalue weighted by molar-refractivity contribution is 9.09. The van der Waals surface area contributed by atoms with E-state index in [-0.39, 0.29) is 5.43 Å². The Morgan fingerprint density at radius 1 is 1.21 bits per heavy atom. The molecule has 0 N–H and O–H groups in total. The van der Waals surface area contributed by atoms with Gasteiger partial charge in [-0.1, -0.05) is 15.9 Å². The summed E-state index contributed by atoms with van der Waals surface area (Å²) in [5.41, 5.74) is 1.91. The van der Waals surface area contributed by atoms with E-state index in [1.54, 1.807) is 12.1 Å². The van der Waals surface area contributed by atoms with Crippen LogP contribution < -0.4 is 10.2 Å². The minimum absolute atomic E-state index is 0.0934. The van der Waals surface area contributed by atoms with Crippen LogP contribution in [0.25, 0.3) is 22.6 Å². The molecule has 4 nitrogen and oxygen atoms in total. The first kappa shape index (κ1) is 12.2. The fraction of sp³-hybridized carbons (Fsp3) is 0.143. The lowest BCUT2D eigenvalue weighted by molar-refractivity contribution is 0.345. The third-order valence-corrected chi connectivity index (χ3v) is 2.99. The zero-order valence-corrected chi connectivity index (χ0v) is 11.5. The molecule has 0 fully saturated rings. The van der Waals surface area contributed by atoms with E-state index in [0.29, 0.717) is 23.6 Å². The Morgan fingerprint density at radius 3 is 2.95 bits per heavy atom. The average Bonchev–Trinajstić information content (AvgIpc) is 2.42. The molecule has 1 aliphatic carbocycles. The highest BCUT2D eigenvalue weighted by Gasteiger charge is 2.09. The second-order valence-corrected chi connectivity index (χ2v) is 4.80. The van der Waals surface area contributed by atoms with E-state index in [1.807, 2.05) is 12.1 Å². The summed E-state index contributed by atoms with van der Waals surface area (Å²) in [7, 11) is 0. The highest BCUT2D eigenvalue weighted by atomic mass is 79.9. The van der Waals surface area contributed by atoms with E-state index in [0.717, 1.165) is 16.6 Å². The van der Waals surface area contributed by atoms with E-state index < -0.39 is 0 Å². The van der Waals surface area contributed by atoms with Gasteiger partial charge in [0.15, 0.2) is 16.8 Å². The van der Waals surface area contributed by atoms with Crippen LogP contribution in [0.5, 0.6) is 5.75 Å². The lowest BCUT2D eigenvalue weighted by atomic mass is 10.2. The van der Waals surface area contributed by atoms with Crippen LogP contribution in [-0.4, -0.2) is 16.9 Å². The molecule has 1 aliphatic heterocycles. The zero-order chi connectivity index (χ0) is 13.2. The van der Waals surface area contributed by atoms with Crippen LogP contribution >= 0.6 is 15.9 Å². The number of benzene rings is 2. The number of alkyl halides is 1. The first-order valence-corrected chi connectivity index (χ1v) is 6.92. The molecule has 0 amide bonds. The number of ether oxygens (including phenoxy) is 1. The van der Waals surface area contributed by atoms with Crippen molar-refractivity contribution in [1.82, 2.24) is 4.98 Å². The van der Waals surface area contributed by atoms with E-state index in [2.05, 4.69) is 20.9 Å². The minimum Gasteiger partial charge on any atom is -0.493 e. The predicted molar refractivity (Wildman–Crippen MR) is 76.2 cm³/mol. The van der Waals surface area contributed by atoms with Crippen molar-refractivity contribution < 1.29 is 9.15 Å². The lowest BCUT2D eigenvalue weighted by Gasteiger charge is -2.07. The minimum atomic E-state index is -0.0934. The van der Waals surface area contributed by atoms with Crippen molar-refractivity contribution in [3.8, 4) is 17.2 Å². The zero-order valence-electron chi connectivity index (χ0n) is 9.93. The quantitative estimate of drug-likeness (QED) is 0.550. The van der Waals surface area contributed by atoms with Gasteiger partial charge in [0.2, 0.25) is 0 Å². The smallest absolute Gasteiger partial charge is 0.182 e. The summed E-state index contributed by atoms with van der Waals surface area (Å²) in [4.78, 5) is 15.8. The molecular formula is C14H10BrNO3.